The Kier molecular flexibility index (Phi) is 6.19. The van der Waals surface area contributed by atoms with E-state index in [4.69, 9.17) is 32.7 Å². The highest BCUT2D eigenvalue weighted by molar-refractivity contribution is 6.32. The second-order valence-electron chi connectivity index (χ2n) is 7.98. The number of carbonyl (C=O) groups excluding carboxylic acids is 1. The molecular formula is C24H22Cl2N4O3. The molecule has 0 atom stereocenters. The molecule has 0 aliphatic rings. The van der Waals surface area contributed by atoms with Crippen LogP contribution in [0.3, 0.4) is 0 Å². The highest BCUT2D eigenvalue weighted by Gasteiger charge is 2.30. The molecular weight excluding hydrogens is 463 g/mol. The van der Waals surface area contributed by atoms with Gasteiger partial charge in [0.25, 0.3) is 5.91 Å². The lowest BCUT2D eigenvalue weighted by Crippen LogP contribution is -2.42. The number of aryl methyl sites for hydroxylation is 1. The van der Waals surface area contributed by atoms with E-state index in [9.17, 15) is 4.79 Å². The number of rotatable bonds is 6. The molecule has 0 spiro atoms. The number of fused-ring (bicyclic) bond motifs is 1. The van der Waals surface area contributed by atoms with E-state index in [1.165, 1.54) is 4.80 Å². The third-order valence-corrected chi connectivity index (χ3v) is 5.62. The second kappa shape index (κ2) is 8.92. The third kappa shape index (κ3) is 4.89. The van der Waals surface area contributed by atoms with E-state index in [1.807, 2.05) is 19.1 Å². The predicted molar refractivity (Wildman–Crippen MR) is 130 cm³/mol. The van der Waals surface area contributed by atoms with Crippen LogP contribution in [-0.4, -0.2) is 33.6 Å². The first-order chi connectivity index (χ1) is 15.7. The van der Waals surface area contributed by atoms with Gasteiger partial charge in [-0.2, -0.15) is 4.80 Å². The maximum absolute atomic E-state index is 13.0. The molecule has 0 aliphatic heterocycles. The van der Waals surface area contributed by atoms with Crippen LogP contribution in [0, 0.1) is 6.92 Å². The van der Waals surface area contributed by atoms with E-state index in [0.717, 1.165) is 5.56 Å². The van der Waals surface area contributed by atoms with Crippen molar-refractivity contribution in [3.63, 3.8) is 0 Å². The van der Waals surface area contributed by atoms with Crippen molar-refractivity contribution in [3.8, 4) is 17.2 Å². The van der Waals surface area contributed by atoms with Crippen LogP contribution in [0.5, 0.6) is 11.5 Å². The van der Waals surface area contributed by atoms with E-state index in [2.05, 4.69) is 15.5 Å². The average Bonchev–Trinajstić information content (AvgIpc) is 3.18. The zero-order chi connectivity index (χ0) is 23.8. The van der Waals surface area contributed by atoms with Gasteiger partial charge in [0.05, 0.1) is 17.8 Å². The third-order valence-electron chi connectivity index (χ3n) is 5.07. The molecule has 0 fully saturated rings. The number of benzene rings is 3. The van der Waals surface area contributed by atoms with Gasteiger partial charge < -0.3 is 14.8 Å². The molecule has 1 amide bonds. The highest BCUT2D eigenvalue weighted by Crippen LogP contribution is 2.28. The predicted octanol–water partition coefficient (Wildman–Crippen LogP) is 5.84. The minimum absolute atomic E-state index is 0.297. The molecule has 1 N–H and O–H groups in total. The summed E-state index contributed by atoms with van der Waals surface area (Å²) < 4.78 is 11.1. The van der Waals surface area contributed by atoms with Crippen LogP contribution in [0.1, 0.15) is 19.4 Å². The molecule has 0 saturated heterocycles. The van der Waals surface area contributed by atoms with Crippen molar-refractivity contribution in [2.75, 3.05) is 12.4 Å². The number of aromatic nitrogens is 3. The summed E-state index contributed by atoms with van der Waals surface area (Å²) in [5.41, 5.74) is 2.36. The van der Waals surface area contributed by atoms with E-state index >= 15 is 0 Å². The van der Waals surface area contributed by atoms with E-state index in [1.54, 1.807) is 63.4 Å². The minimum atomic E-state index is -1.12. The Balaban J connectivity index is 1.57. The molecule has 0 aliphatic carbocycles. The van der Waals surface area contributed by atoms with Gasteiger partial charge in [-0.05, 0) is 80.9 Å². The van der Waals surface area contributed by atoms with Crippen molar-refractivity contribution in [2.45, 2.75) is 26.4 Å². The monoisotopic (exact) mass is 484 g/mol. The summed E-state index contributed by atoms with van der Waals surface area (Å²) in [5, 5.41) is 13.1. The molecule has 1 heterocycles. The molecule has 33 heavy (non-hydrogen) atoms. The van der Waals surface area contributed by atoms with Gasteiger partial charge in [-0.3, -0.25) is 4.79 Å². The number of nitrogens with zero attached hydrogens (tertiary/aromatic N) is 3. The van der Waals surface area contributed by atoms with Gasteiger partial charge in [0.1, 0.15) is 22.5 Å². The van der Waals surface area contributed by atoms with Gasteiger partial charge in [0, 0.05) is 10.7 Å². The number of amides is 1. The topological polar surface area (TPSA) is 78.3 Å². The standard InChI is InChI=1S/C24H22Cl2N4O3/c1-14-11-20-21(29-30(28-20)16-7-10-22(32-4)18(26)12-16)13-19(14)27-23(31)24(2,3)33-17-8-5-15(25)6-9-17/h5-13H,1-4H3,(H,27,31). The van der Waals surface area contributed by atoms with Crippen molar-refractivity contribution < 1.29 is 14.3 Å². The van der Waals surface area contributed by atoms with Gasteiger partial charge in [-0.1, -0.05) is 23.2 Å². The molecule has 0 radical (unpaired) electrons. The van der Waals surface area contributed by atoms with Crippen LogP contribution in [0.4, 0.5) is 5.69 Å². The Hall–Kier alpha value is -3.29. The molecule has 1 aromatic heterocycles. The zero-order valence-electron chi connectivity index (χ0n) is 18.5. The lowest BCUT2D eigenvalue weighted by molar-refractivity contribution is -0.128. The first kappa shape index (κ1) is 22.9. The molecule has 3 aromatic carbocycles. The summed E-state index contributed by atoms with van der Waals surface area (Å²) in [4.78, 5) is 14.5. The van der Waals surface area contributed by atoms with Crippen molar-refractivity contribution in [1.29, 1.82) is 0 Å². The minimum Gasteiger partial charge on any atom is -0.495 e. The molecule has 4 rings (SSSR count). The van der Waals surface area contributed by atoms with Crippen LogP contribution in [0.2, 0.25) is 10.0 Å². The van der Waals surface area contributed by atoms with Crippen molar-refractivity contribution >= 4 is 45.8 Å². The number of ether oxygens (including phenoxy) is 2. The molecule has 4 aromatic rings. The number of halogens is 2. The van der Waals surface area contributed by atoms with E-state index in [-0.39, 0.29) is 5.91 Å². The fourth-order valence-electron chi connectivity index (χ4n) is 3.21. The van der Waals surface area contributed by atoms with Crippen molar-refractivity contribution in [3.05, 3.63) is 70.2 Å². The summed E-state index contributed by atoms with van der Waals surface area (Å²) in [6, 6.07) is 15.8. The van der Waals surface area contributed by atoms with Gasteiger partial charge in [-0.25, -0.2) is 0 Å². The summed E-state index contributed by atoms with van der Waals surface area (Å²) in [6.07, 6.45) is 0. The molecule has 0 bridgehead atoms. The van der Waals surface area contributed by atoms with Crippen molar-refractivity contribution in [2.24, 2.45) is 0 Å². The van der Waals surface area contributed by atoms with E-state index in [0.29, 0.717) is 44.0 Å². The molecule has 9 heteroatoms. The molecule has 0 saturated carbocycles. The summed E-state index contributed by atoms with van der Waals surface area (Å²) in [7, 11) is 1.56. The smallest absolute Gasteiger partial charge is 0.267 e. The number of methoxy groups -OCH3 is 1. The maximum Gasteiger partial charge on any atom is 0.267 e. The Morgan fingerprint density at radius 2 is 1.67 bits per heavy atom. The van der Waals surface area contributed by atoms with Gasteiger partial charge in [-0.15, -0.1) is 10.2 Å². The number of anilines is 1. The first-order valence-corrected chi connectivity index (χ1v) is 10.9. The zero-order valence-corrected chi connectivity index (χ0v) is 20.0. The number of hydrogen-bond acceptors (Lipinski definition) is 5. The first-order valence-electron chi connectivity index (χ1n) is 10.1. The Morgan fingerprint density at radius 3 is 2.30 bits per heavy atom. The van der Waals surface area contributed by atoms with Crippen molar-refractivity contribution in [1.82, 2.24) is 15.0 Å². The summed E-state index contributed by atoms with van der Waals surface area (Å²) in [6.45, 7) is 5.30. The van der Waals surface area contributed by atoms with Crippen LogP contribution in [0.25, 0.3) is 16.7 Å². The van der Waals surface area contributed by atoms with Gasteiger partial charge in [0.2, 0.25) is 0 Å². The Labute approximate surface area is 201 Å². The summed E-state index contributed by atoms with van der Waals surface area (Å²) in [5.74, 6) is 0.823. The highest BCUT2D eigenvalue weighted by atomic mass is 35.5. The van der Waals surface area contributed by atoms with Crippen LogP contribution >= 0.6 is 23.2 Å². The van der Waals surface area contributed by atoms with Crippen LogP contribution in [0.15, 0.2) is 54.6 Å². The SMILES string of the molecule is COc1ccc(-n2nc3cc(C)c(NC(=O)C(C)(C)Oc4ccc(Cl)cc4)cc3n2)cc1Cl. The van der Waals surface area contributed by atoms with Gasteiger partial charge >= 0.3 is 0 Å². The fourth-order valence-corrected chi connectivity index (χ4v) is 3.59. The second-order valence-corrected chi connectivity index (χ2v) is 8.83. The quantitative estimate of drug-likeness (QED) is 0.371. The van der Waals surface area contributed by atoms with Gasteiger partial charge in [0.15, 0.2) is 5.60 Å². The van der Waals surface area contributed by atoms with Crippen LogP contribution in [-0.2, 0) is 4.79 Å². The normalized spacial score (nSPS) is 11.5. The largest absolute Gasteiger partial charge is 0.495 e. The average molecular weight is 485 g/mol. The lowest BCUT2D eigenvalue weighted by Gasteiger charge is -2.25. The number of nitrogens with one attached hydrogen (secondary N) is 1. The molecule has 7 nitrogen and oxygen atoms in total. The Bertz CT molecular complexity index is 1330. The van der Waals surface area contributed by atoms with E-state index < -0.39 is 5.60 Å². The maximum atomic E-state index is 13.0. The lowest BCUT2D eigenvalue weighted by atomic mass is 10.1. The number of hydrogen-bond donors (Lipinski definition) is 1. The van der Waals surface area contributed by atoms with Crippen LogP contribution < -0.4 is 14.8 Å². The molecule has 0 unspecified atom stereocenters. The summed E-state index contributed by atoms with van der Waals surface area (Å²) >= 11 is 12.2. The Morgan fingerprint density at radius 1 is 1.00 bits per heavy atom. The fraction of sp³-hybridized carbons (Fsp3) is 0.208. The number of carbonyl (C=O) groups is 1. The molecule has 170 valence electrons.